The first-order chi connectivity index (χ1) is 10.3. The van der Waals surface area contributed by atoms with E-state index < -0.39 is 11.7 Å². The van der Waals surface area contributed by atoms with E-state index in [1.54, 1.807) is 52.1 Å². The summed E-state index contributed by atoms with van der Waals surface area (Å²) in [5, 5.41) is 6.54. The van der Waals surface area contributed by atoms with Crippen molar-refractivity contribution in [3.63, 3.8) is 0 Å². The van der Waals surface area contributed by atoms with Gasteiger partial charge in [-0.1, -0.05) is 5.16 Å². The summed E-state index contributed by atoms with van der Waals surface area (Å²) in [5.41, 5.74) is 6.58. The number of rotatable bonds is 3. The summed E-state index contributed by atoms with van der Waals surface area (Å²) in [5.74, 6) is 0.778. The van der Waals surface area contributed by atoms with E-state index in [0.29, 0.717) is 22.7 Å². The Balaban J connectivity index is 2.33. The molecule has 118 valence electrons. The van der Waals surface area contributed by atoms with Crippen LogP contribution in [0.3, 0.4) is 0 Å². The van der Waals surface area contributed by atoms with Crippen LogP contribution in [-0.2, 0) is 4.74 Å². The van der Waals surface area contributed by atoms with Crippen LogP contribution in [0.1, 0.15) is 20.8 Å². The zero-order chi connectivity index (χ0) is 16.3. The maximum atomic E-state index is 12.0. The van der Waals surface area contributed by atoms with Gasteiger partial charge in [0.2, 0.25) is 5.88 Å². The molecule has 0 atom stereocenters. The lowest BCUT2D eigenvalue weighted by atomic mass is 10.1. The fraction of sp³-hybridized carbons (Fsp3) is 0.333. The van der Waals surface area contributed by atoms with Crippen LogP contribution >= 0.6 is 0 Å². The van der Waals surface area contributed by atoms with Gasteiger partial charge < -0.3 is 19.7 Å². The summed E-state index contributed by atoms with van der Waals surface area (Å²) in [6.07, 6.45) is -0.571. The second-order valence-corrected chi connectivity index (χ2v) is 5.65. The number of nitrogens with zero attached hydrogens (tertiary/aromatic N) is 1. The van der Waals surface area contributed by atoms with E-state index in [-0.39, 0.29) is 5.88 Å². The van der Waals surface area contributed by atoms with E-state index in [9.17, 15) is 4.79 Å². The summed E-state index contributed by atoms with van der Waals surface area (Å²) < 4.78 is 15.3. The number of anilines is 2. The number of carbonyl (C=O) groups is 1. The Morgan fingerprint density at radius 2 is 2.05 bits per heavy atom. The van der Waals surface area contributed by atoms with Crippen LogP contribution in [0.2, 0.25) is 0 Å². The molecule has 0 aliphatic heterocycles. The monoisotopic (exact) mass is 305 g/mol. The van der Waals surface area contributed by atoms with Gasteiger partial charge in [-0.15, -0.1) is 0 Å². The van der Waals surface area contributed by atoms with Crippen molar-refractivity contribution in [1.29, 1.82) is 0 Å². The van der Waals surface area contributed by atoms with Crippen LogP contribution in [0.4, 0.5) is 16.4 Å². The van der Waals surface area contributed by atoms with Crippen molar-refractivity contribution >= 4 is 17.7 Å². The van der Waals surface area contributed by atoms with Gasteiger partial charge in [-0.05, 0) is 32.9 Å². The number of nitrogens with two attached hydrogens (primary N) is 1. The van der Waals surface area contributed by atoms with Gasteiger partial charge in [0.05, 0.1) is 12.8 Å². The van der Waals surface area contributed by atoms with Gasteiger partial charge in [-0.2, -0.15) is 0 Å². The molecule has 0 unspecified atom stereocenters. The van der Waals surface area contributed by atoms with Crippen molar-refractivity contribution in [3.05, 3.63) is 24.3 Å². The molecule has 0 aliphatic carbocycles. The summed E-state index contributed by atoms with van der Waals surface area (Å²) in [6, 6.07) is 6.75. The van der Waals surface area contributed by atoms with E-state index in [2.05, 4.69) is 10.5 Å². The minimum Gasteiger partial charge on any atom is -0.497 e. The van der Waals surface area contributed by atoms with E-state index in [1.165, 1.54) is 0 Å². The number of benzene rings is 1. The fourth-order valence-corrected chi connectivity index (χ4v) is 1.81. The molecule has 0 fully saturated rings. The molecule has 0 aliphatic rings. The second kappa shape index (κ2) is 5.97. The highest BCUT2D eigenvalue weighted by molar-refractivity contribution is 5.91. The molecule has 0 saturated heterocycles. The van der Waals surface area contributed by atoms with E-state index in [0.717, 1.165) is 0 Å². The SMILES string of the molecule is COc1ccc(-c2cc(N)on2)c(NC(=O)OC(C)(C)C)c1. The van der Waals surface area contributed by atoms with Gasteiger partial charge in [0.25, 0.3) is 0 Å². The third-order valence-electron chi connectivity index (χ3n) is 2.67. The van der Waals surface area contributed by atoms with Crippen molar-refractivity contribution in [3.8, 4) is 17.0 Å². The van der Waals surface area contributed by atoms with Gasteiger partial charge in [0.1, 0.15) is 17.0 Å². The first-order valence-corrected chi connectivity index (χ1v) is 6.69. The zero-order valence-corrected chi connectivity index (χ0v) is 13.0. The number of carbonyl (C=O) groups excluding carboxylic acids is 1. The number of ether oxygens (including phenoxy) is 2. The fourth-order valence-electron chi connectivity index (χ4n) is 1.81. The lowest BCUT2D eigenvalue weighted by molar-refractivity contribution is 0.0636. The number of amides is 1. The highest BCUT2D eigenvalue weighted by atomic mass is 16.6. The average Bonchev–Trinajstić information content (AvgIpc) is 2.82. The predicted molar refractivity (Wildman–Crippen MR) is 82.8 cm³/mol. The number of hydrogen-bond acceptors (Lipinski definition) is 6. The topological polar surface area (TPSA) is 99.6 Å². The summed E-state index contributed by atoms with van der Waals surface area (Å²) in [6.45, 7) is 5.37. The Morgan fingerprint density at radius 1 is 1.32 bits per heavy atom. The smallest absolute Gasteiger partial charge is 0.412 e. The number of nitrogens with one attached hydrogen (secondary N) is 1. The molecule has 3 N–H and O–H groups in total. The van der Waals surface area contributed by atoms with Crippen LogP contribution < -0.4 is 15.8 Å². The van der Waals surface area contributed by atoms with Gasteiger partial charge in [-0.25, -0.2) is 4.79 Å². The molecule has 7 heteroatoms. The molecular formula is C15H19N3O4. The third kappa shape index (κ3) is 3.91. The molecule has 0 radical (unpaired) electrons. The molecule has 7 nitrogen and oxygen atoms in total. The van der Waals surface area contributed by atoms with Crippen LogP contribution in [0.15, 0.2) is 28.8 Å². The zero-order valence-electron chi connectivity index (χ0n) is 13.0. The largest absolute Gasteiger partial charge is 0.497 e. The summed E-state index contributed by atoms with van der Waals surface area (Å²) in [4.78, 5) is 12.0. The van der Waals surface area contributed by atoms with Gasteiger partial charge in [-0.3, -0.25) is 5.32 Å². The highest BCUT2D eigenvalue weighted by Gasteiger charge is 2.19. The van der Waals surface area contributed by atoms with E-state index in [4.69, 9.17) is 19.7 Å². The van der Waals surface area contributed by atoms with E-state index >= 15 is 0 Å². The predicted octanol–water partition coefficient (Wildman–Crippen LogP) is 3.28. The lowest BCUT2D eigenvalue weighted by Crippen LogP contribution is -2.27. The molecule has 0 bridgehead atoms. The maximum absolute atomic E-state index is 12.0. The third-order valence-corrected chi connectivity index (χ3v) is 2.67. The van der Waals surface area contributed by atoms with Gasteiger partial charge >= 0.3 is 6.09 Å². The second-order valence-electron chi connectivity index (χ2n) is 5.65. The van der Waals surface area contributed by atoms with Crippen LogP contribution in [-0.4, -0.2) is 24.0 Å². The Labute approximate surface area is 128 Å². The molecule has 1 amide bonds. The quantitative estimate of drug-likeness (QED) is 0.902. The first-order valence-electron chi connectivity index (χ1n) is 6.69. The average molecular weight is 305 g/mol. The summed E-state index contributed by atoms with van der Waals surface area (Å²) in [7, 11) is 1.54. The number of methoxy groups -OCH3 is 1. The molecule has 1 aromatic carbocycles. The van der Waals surface area contributed by atoms with Crippen molar-refractivity contribution in [2.45, 2.75) is 26.4 Å². The molecule has 2 rings (SSSR count). The number of nitrogen functional groups attached to an aromatic ring is 1. The molecule has 22 heavy (non-hydrogen) atoms. The molecule has 0 spiro atoms. The highest BCUT2D eigenvalue weighted by Crippen LogP contribution is 2.32. The maximum Gasteiger partial charge on any atom is 0.412 e. The molecule has 0 saturated carbocycles. The van der Waals surface area contributed by atoms with E-state index in [1.807, 2.05) is 0 Å². The Hall–Kier alpha value is -2.70. The number of aromatic nitrogens is 1. The Bertz CT molecular complexity index is 674. The number of hydrogen-bond donors (Lipinski definition) is 2. The van der Waals surface area contributed by atoms with Crippen LogP contribution in [0.5, 0.6) is 5.75 Å². The molecule has 2 aromatic rings. The Morgan fingerprint density at radius 3 is 2.59 bits per heavy atom. The van der Waals surface area contributed by atoms with Crippen molar-refractivity contribution in [2.24, 2.45) is 0 Å². The van der Waals surface area contributed by atoms with Gasteiger partial charge in [0, 0.05) is 17.7 Å². The summed E-state index contributed by atoms with van der Waals surface area (Å²) >= 11 is 0. The normalized spacial score (nSPS) is 11.1. The van der Waals surface area contributed by atoms with Crippen molar-refractivity contribution < 1.29 is 18.8 Å². The van der Waals surface area contributed by atoms with Crippen LogP contribution in [0.25, 0.3) is 11.3 Å². The minimum absolute atomic E-state index is 0.189. The molecular weight excluding hydrogens is 286 g/mol. The van der Waals surface area contributed by atoms with Gasteiger partial charge in [0.15, 0.2) is 0 Å². The van der Waals surface area contributed by atoms with Crippen molar-refractivity contribution in [2.75, 3.05) is 18.2 Å². The molecule has 1 aromatic heterocycles. The van der Waals surface area contributed by atoms with Crippen LogP contribution in [0, 0.1) is 0 Å². The minimum atomic E-state index is -0.596. The van der Waals surface area contributed by atoms with Crippen molar-refractivity contribution in [1.82, 2.24) is 5.16 Å². The first kappa shape index (κ1) is 15.7. The standard InChI is InChI=1S/C15H19N3O4/c1-15(2,3)21-14(19)17-11-7-9(20-4)5-6-10(11)12-8-13(16)22-18-12/h5-8H,16H2,1-4H3,(H,17,19). The molecule has 1 heterocycles. The lowest BCUT2D eigenvalue weighted by Gasteiger charge is -2.20. The Kier molecular flexibility index (Phi) is 4.25.